The summed E-state index contributed by atoms with van der Waals surface area (Å²) >= 11 is 0. The van der Waals surface area contributed by atoms with Crippen molar-refractivity contribution in [2.24, 2.45) is 11.8 Å². The molecule has 0 radical (unpaired) electrons. The summed E-state index contributed by atoms with van der Waals surface area (Å²) in [6.07, 6.45) is 0.739. The molecule has 1 fully saturated rings. The fourth-order valence-electron chi connectivity index (χ4n) is 4.25. The number of hydrogen-bond acceptors (Lipinski definition) is 2. The van der Waals surface area contributed by atoms with Crippen molar-refractivity contribution < 1.29 is 5.11 Å². The van der Waals surface area contributed by atoms with Crippen molar-refractivity contribution in [1.82, 2.24) is 5.32 Å². The van der Waals surface area contributed by atoms with Gasteiger partial charge in [0.25, 0.3) is 0 Å². The molecule has 1 aliphatic heterocycles. The molecule has 1 heterocycles. The minimum atomic E-state index is -0.694. The van der Waals surface area contributed by atoms with Crippen LogP contribution in [0.25, 0.3) is 0 Å². The van der Waals surface area contributed by atoms with Crippen LogP contribution >= 0.6 is 0 Å². The zero-order valence-corrected chi connectivity index (χ0v) is 14.2. The third kappa shape index (κ3) is 3.34. The first-order valence-electron chi connectivity index (χ1n) is 8.57. The normalized spacial score (nSPS) is 31.3. The number of aliphatic hydroxyl groups is 1. The van der Waals surface area contributed by atoms with Gasteiger partial charge in [-0.2, -0.15) is 0 Å². The number of piperidine rings is 1. The molecule has 2 aromatic carbocycles. The molecule has 0 bridgehead atoms. The lowest BCUT2D eigenvalue weighted by Crippen LogP contribution is -2.53. The summed E-state index contributed by atoms with van der Waals surface area (Å²) < 4.78 is 0. The third-order valence-corrected chi connectivity index (χ3v) is 5.15. The van der Waals surface area contributed by atoms with Gasteiger partial charge in [-0.15, -0.1) is 0 Å². The number of rotatable bonds is 3. The second-order valence-electron chi connectivity index (χ2n) is 7.35. The van der Waals surface area contributed by atoms with Crippen LogP contribution in [-0.4, -0.2) is 10.7 Å². The van der Waals surface area contributed by atoms with Crippen molar-refractivity contribution >= 4 is 0 Å². The van der Waals surface area contributed by atoms with Crippen molar-refractivity contribution in [3.63, 3.8) is 0 Å². The van der Waals surface area contributed by atoms with Gasteiger partial charge >= 0.3 is 0 Å². The van der Waals surface area contributed by atoms with E-state index in [0.717, 1.165) is 6.42 Å². The Morgan fingerprint density at radius 3 is 2.00 bits per heavy atom. The Hall–Kier alpha value is -1.64. The topological polar surface area (TPSA) is 32.3 Å². The maximum atomic E-state index is 11.2. The van der Waals surface area contributed by atoms with E-state index in [1.54, 1.807) is 0 Å². The van der Waals surface area contributed by atoms with Gasteiger partial charge < -0.3 is 10.4 Å². The van der Waals surface area contributed by atoms with Gasteiger partial charge in [0.2, 0.25) is 0 Å². The predicted molar refractivity (Wildman–Crippen MR) is 95.1 cm³/mol. The highest BCUT2D eigenvalue weighted by molar-refractivity contribution is 5.26. The zero-order chi connectivity index (χ0) is 16.4. The summed E-state index contributed by atoms with van der Waals surface area (Å²) in [6, 6.07) is 21.3. The van der Waals surface area contributed by atoms with Gasteiger partial charge in [0.1, 0.15) is 0 Å². The Kier molecular flexibility index (Phi) is 4.56. The Labute approximate surface area is 139 Å². The molecule has 0 spiro atoms. The summed E-state index contributed by atoms with van der Waals surface area (Å²) in [5.41, 5.74) is 1.81. The maximum Gasteiger partial charge on any atom is 0.0686 e. The molecule has 2 aromatic rings. The molecule has 3 rings (SSSR count). The molecule has 4 atom stereocenters. The fourth-order valence-corrected chi connectivity index (χ4v) is 4.25. The lowest BCUT2D eigenvalue weighted by molar-refractivity contribution is -0.0783. The van der Waals surface area contributed by atoms with E-state index in [1.807, 2.05) is 19.1 Å². The monoisotopic (exact) mass is 309 g/mol. The molecule has 0 amide bonds. The first kappa shape index (κ1) is 16.2. The Morgan fingerprint density at radius 1 is 0.957 bits per heavy atom. The molecule has 2 heteroatoms. The Bertz CT molecular complexity index is 621. The summed E-state index contributed by atoms with van der Waals surface area (Å²) in [5.74, 6) is 0.587. The van der Waals surface area contributed by atoms with Gasteiger partial charge in [-0.05, 0) is 30.4 Å². The van der Waals surface area contributed by atoms with Crippen LogP contribution in [0.15, 0.2) is 60.7 Å². The largest absolute Gasteiger partial charge is 0.390 e. The van der Waals surface area contributed by atoms with Crippen molar-refractivity contribution in [2.75, 3.05) is 0 Å². The molecule has 122 valence electrons. The van der Waals surface area contributed by atoms with Crippen LogP contribution in [0, 0.1) is 11.8 Å². The van der Waals surface area contributed by atoms with Gasteiger partial charge in [-0.1, -0.05) is 74.5 Å². The van der Waals surface area contributed by atoms with Crippen LogP contribution < -0.4 is 5.32 Å². The van der Waals surface area contributed by atoms with Crippen LogP contribution in [-0.2, 0) is 0 Å². The SMILES string of the molecule is CC(C)[C@H]1[C@H](c2ccccc2)N[C@H](c2ccccc2)C[C@@]1(C)O. The van der Waals surface area contributed by atoms with Crippen molar-refractivity contribution in [1.29, 1.82) is 0 Å². The first-order chi connectivity index (χ1) is 11.0. The van der Waals surface area contributed by atoms with Crippen LogP contribution in [0.4, 0.5) is 0 Å². The summed E-state index contributed by atoms with van der Waals surface area (Å²) in [4.78, 5) is 0. The molecular weight excluding hydrogens is 282 g/mol. The fraction of sp³-hybridized carbons (Fsp3) is 0.429. The van der Waals surface area contributed by atoms with Crippen molar-refractivity contribution in [3.05, 3.63) is 71.8 Å². The molecule has 0 unspecified atom stereocenters. The molecule has 1 aliphatic rings. The quantitative estimate of drug-likeness (QED) is 0.876. The number of hydrogen-bond donors (Lipinski definition) is 2. The summed E-state index contributed by atoms with van der Waals surface area (Å²) in [6.45, 7) is 6.42. The predicted octanol–water partition coefficient (Wildman–Crippen LogP) is 4.49. The maximum absolute atomic E-state index is 11.2. The molecule has 23 heavy (non-hydrogen) atoms. The lowest BCUT2D eigenvalue weighted by atomic mass is 9.67. The number of nitrogens with one attached hydrogen (secondary N) is 1. The summed E-state index contributed by atoms with van der Waals surface area (Å²) in [5, 5.41) is 15.0. The first-order valence-corrected chi connectivity index (χ1v) is 8.57. The van der Waals surface area contributed by atoms with E-state index < -0.39 is 5.60 Å². The van der Waals surface area contributed by atoms with Gasteiger partial charge in [0.05, 0.1) is 5.60 Å². The Morgan fingerprint density at radius 2 is 1.48 bits per heavy atom. The van der Waals surface area contributed by atoms with Gasteiger partial charge in [0, 0.05) is 18.0 Å². The van der Waals surface area contributed by atoms with Crippen molar-refractivity contribution in [3.8, 4) is 0 Å². The van der Waals surface area contributed by atoms with Gasteiger partial charge in [-0.3, -0.25) is 0 Å². The number of benzene rings is 2. The zero-order valence-electron chi connectivity index (χ0n) is 14.2. The van der Waals surface area contributed by atoms with Crippen LogP contribution in [0.3, 0.4) is 0 Å². The third-order valence-electron chi connectivity index (χ3n) is 5.15. The molecule has 1 saturated heterocycles. The van der Waals surface area contributed by atoms with Crippen LogP contribution in [0.5, 0.6) is 0 Å². The molecule has 2 N–H and O–H groups in total. The van der Waals surface area contributed by atoms with Gasteiger partial charge in [-0.25, -0.2) is 0 Å². The lowest BCUT2D eigenvalue weighted by Gasteiger charge is -2.49. The smallest absolute Gasteiger partial charge is 0.0686 e. The highest BCUT2D eigenvalue weighted by Crippen LogP contribution is 2.46. The molecule has 0 aliphatic carbocycles. The standard InChI is InChI=1S/C21H27NO/c1-15(2)19-20(17-12-8-5-9-13-17)22-18(14-21(19,3)23)16-10-6-4-7-11-16/h4-13,15,18-20,22-23H,14H2,1-3H3/t18-,19-,20-,21+/m0/s1. The van der Waals surface area contributed by atoms with Crippen LogP contribution in [0.2, 0.25) is 0 Å². The van der Waals surface area contributed by atoms with E-state index in [4.69, 9.17) is 0 Å². The minimum absolute atomic E-state index is 0.158. The molecular formula is C21H27NO. The molecule has 0 saturated carbocycles. The summed E-state index contributed by atoms with van der Waals surface area (Å²) in [7, 11) is 0. The second-order valence-corrected chi connectivity index (χ2v) is 7.35. The highest BCUT2D eigenvalue weighted by atomic mass is 16.3. The van der Waals surface area contributed by atoms with E-state index in [-0.39, 0.29) is 18.0 Å². The average Bonchev–Trinajstić information content (AvgIpc) is 2.54. The van der Waals surface area contributed by atoms with E-state index >= 15 is 0 Å². The van der Waals surface area contributed by atoms with Gasteiger partial charge in [0.15, 0.2) is 0 Å². The average molecular weight is 309 g/mol. The highest BCUT2D eigenvalue weighted by Gasteiger charge is 2.46. The van der Waals surface area contributed by atoms with E-state index in [1.165, 1.54) is 11.1 Å². The van der Waals surface area contributed by atoms with Crippen LogP contribution in [0.1, 0.15) is 50.4 Å². The Balaban J connectivity index is 1.99. The molecule has 2 nitrogen and oxygen atoms in total. The minimum Gasteiger partial charge on any atom is -0.390 e. The second kappa shape index (κ2) is 6.46. The van der Waals surface area contributed by atoms with E-state index in [0.29, 0.717) is 5.92 Å². The van der Waals surface area contributed by atoms with Crippen molar-refractivity contribution in [2.45, 2.75) is 44.9 Å². The van der Waals surface area contributed by atoms with E-state index in [9.17, 15) is 5.11 Å². The molecule has 0 aromatic heterocycles. The van der Waals surface area contributed by atoms with E-state index in [2.05, 4.69) is 67.7 Å².